The van der Waals surface area contributed by atoms with Gasteiger partial charge in [0.15, 0.2) is 9.84 Å². The Labute approximate surface area is 111 Å². The van der Waals surface area contributed by atoms with Crippen LogP contribution in [0, 0.1) is 17.0 Å². The molecule has 104 valence electrons. The van der Waals surface area contributed by atoms with Crippen LogP contribution in [-0.2, 0) is 9.84 Å². The van der Waals surface area contributed by atoms with Gasteiger partial charge in [0.1, 0.15) is 5.82 Å². The molecule has 0 aliphatic carbocycles. The van der Waals surface area contributed by atoms with E-state index in [1.54, 1.807) is 6.92 Å². The molecule has 1 fully saturated rings. The Morgan fingerprint density at radius 2 is 2.32 bits per heavy atom. The average molecular weight is 285 g/mol. The van der Waals surface area contributed by atoms with Gasteiger partial charge in [-0.05, 0) is 19.8 Å². The Bertz CT molecular complexity index is 600. The summed E-state index contributed by atoms with van der Waals surface area (Å²) >= 11 is 0. The van der Waals surface area contributed by atoms with Crippen molar-refractivity contribution in [2.75, 3.05) is 17.6 Å². The first-order valence-corrected chi connectivity index (χ1v) is 7.68. The lowest BCUT2D eigenvalue weighted by atomic mass is 10.2. The molecule has 7 nitrogen and oxygen atoms in total. The van der Waals surface area contributed by atoms with Gasteiger partial charge in [-0.15, -0.1) is 0 Å². The van der Waals surface area contributed by atoms with E-state index in [2.05, 4.69) is 10.3 Å². The number of sulfone groups is 1. The molecule has 2 heterocycles. The van der Waals surface area contributed by atoms with Crippen LogP contribution in [0.4, 0.5) is 11.5 Å². The summed E-state index contributed by atoms with van der Waals surface area (Å²) in [6.45, 7) is 1.85. The van der Waals surface area contributed by atoms with Gasteiger partial charge in [0.2, 0.25) is 0 Å². The summed E-state index contributed by atoms with van der Waals surface area (Å²) in [6.07, 6.45) is 2.71. The van der Waals surface area contributed by atoms with Crippen molar-refractivity contribution in [3.8, 4) is 0 Å². The number of hydrogen-bond acceptors (Lipinski definition) is 6. The van der Waals surface area contributed by atoms with Gasteiger partial charge in [0.25, 0.3) is 5.69 Å². The van der Waals surface area contributed by atoms with E-state index in [0.717, 1.165) is 0 Å². The zero-order valence-corrected chi connectivity index (χ0v) is 11.3. The van der Waals surface area contributed by atoms with Gasteiger partial charge >= 0.3 is 0 Å². The number of rotatable bonds is 4. The number of aromatic nitrogens is 1. The third-order valence-corrected chi connectivity index (χ3v) is 5.52. The standard InChI is InChI=1S/C11H15N3O4S/c1-8-6-12-11(5-10(8)14(15)16)13-7-9-3-2-4-19(9,17)18/h5-6,9H,2-4,7H2,1H3,(H,12,13). The summed E-state index contributed by atoms with van der Waals surface area (Å²) in [6, 6.07) is 1.33. The summed E-state index contributed by atoms with van der Waals surface area (Å²) in [5, 5.41) is 13.2. The molecule has 19 heavy (non-hydrogen) atoms. The summed E-state index contributed by atoms with van der Waals surface area (Å²) in [5.74, 6) is 0.556. The summed E-state index contributed by atoms with van der Waals surface area (Å²) < 4.78 is 23.3. The van der Waals surface area contributed by atoms with E-state index in [9.17, 15) is 18.5 Å². The van der Waals surface area contributed by atoms with E-state index >= 15 is 0 Å². The predicted molar refractivity (Wildman–Crippen MR) is 70.9 cm³/mol. The Hall–Kier alpha value is -1.70. The fourth-order valence-electron chi connectivity index (χ4n) is 2.11. The van der Waals surface area contributed by atoms with Crippen LogP contribution in [0.2, 0.25) is 0 Å². The molecule has 0 aromatic carbocycles. The highest BCUT2D eigenvalue weighted by atomic mass is 32.2. The van der Waals surface area contributed by atoms with Gasteiger partial charge < -0.3 is 5.32 Å². The first kappa shape index (κ1) is 13.7. The van der Waals surface area contributed by atoms with Gasteiger partial charge in [-0.1, -0.05) is 0 Å². The maximum absolute atomic E-state index is 11.6. The quantitative estimate of drug-likeness (QED) is 0.660. The summed E-state index contributed by atoms with van der Waals surface area (Å²) in [5.41, 5.74) is 0.454. The molecule has 0 radical (unpaired) electrons. The Morgan fingerprint density at radius 3 is 2.89 bits per heavy atom. The van der Waals surface area contributed by atoms with Crippen LogP contribution in [-0.4, -0.2) is 35.9 Å². The number of aryl methyl sites for hydroxylation is 1. The molecule has 0 spiro atoms. The van der Waals surface area contributed by atoms with Crippen LogP contribution < -0.4 is 5.32 Å². The predicted octanol–water partition coefficient (Wildman–Crippen LogP) is 1.29. The van der Waals surface area contributed by atoms with Gasteiger partial charge in [-0.3, -0.25) is 10.1 Å². The molecular weight excluding hydrogens is 270 g/mol. The van der Waals surface area contributed by atoms with Crippen molar-refractivity contribution in [3.63, 3.8) is 0 Å². The number of nitrogens with one attached hydrogen (secondary N) is 1. The molecule has 1 unspecified atom stereocenters. The maximum atomic E-state index is 11.6. The molecule has 1 aromatic rings. The van der Waals surface area contributed by atoms with Crippen molar-refractivity contribution in [2.24, 2.45) is 0 Å². The van der Waals surface area contributed by atoms with E-state index < -0.39 is 20.0 Å². The highest BCUT2D eigenvalue weighted by Gasteiger charge is 2.31. The molecular formula is C11H15N3O4S. The van der Waals surface area contributed by atoms with Gasteiger partial charge in [-0.25, -0.2) is 13.4 Å². The molecule has 8 heteroatoms. The number of nitro groups is 1. The maximum Gasteiger partial charge on any atom is 0.277 e. The SMILES string of the molecule is Cc1cnc(NCC2CCCS2(=O)=O)cc1[N+](=O)[O-]. The monoisotopic (exact) mass is 285 g/mol. The molecule has 1 aliphatic heterocycles. The zero-order valence-electron chi connectivity index (χ0n) is 10.5. The van der Waals surface area contributed by atoms with Crippen LogP contribution in [0.5, 0.6) is 0 Å². The van der Waals surface area contributed by atoms with Crippen LogP contribution in [0.3, 0.4) is 0 Å². The normalized spacial score (nSPS) is 21.2. The minimum Gasteiger partial charge on any atom is -0.369 e. The van der Waals surface area contributed by atoms with Crippen molar-refractivity contribution < 1.29 is 13.3 Å². The Balaban J connectivity index is 2.08. The average Bonchev–Trinajstić information content (AvgIpc) is 2.67. The third kappa shape index (κ3) is 3.01. The smallest absolute Gasteiger partial charge is 0.277 e. The van der Waals surface area contributed by atoms with E-state index in [0.29, 0.717) is 24.2 Å². The van der Waals surface area contributed by atoms with Gasteiger partial charge in [-0.2, -0.15) is 0 Å². The van der Waals surface area contributed by atoms with Crippen molar-refractivity contribution in [1.29, 1.82) is 0 Å². The van der Waals surface area contributed by atoms with Crippen molar-refractivity contribution in [2.45, 2.75) is 25.0 Å². The fraction of sp³-hybridized carbons (Fsp3) is 0.545. The first-order valence-electron chi connectivity index (χ1n) is 5.96. The van der Waals surface area contributed by atoms with Crippen LogP contribution in [0.15, 0.2) is 12.3 Å². The lowest BCUT2D eigenvalue weighted by molar-refractivity contribution is -0.385. The van der Waals surface area contributed by atoms with Crippen molar-refractivity contribution in [1.82, 2.24) is 4.98 Å². The molecule has 2 rings (SSSR count). The van der Waals surface area contributed by atoms with Crippen LogP contribution in [0.25, 0.3) is 0 Å². The van der Waals surface area contributed by atoms with E-state index in [4.69, 9.17) is 0 Å². The number of hydrogen-bond donors (Lipinski definition) is 1. The van der Waals surface area contributed by atoms with Crippen LogP contribution >= 0.6 is 0 Å². The zero-order chi connectivity index (χ0) is 14.0. The van der Waals surface area contributed by atoms with Gasteiger partial charge in [0.05, 0.1) is 22.0 Å². The van der Waals surface area contributed by atoms with E-state index in [1.807, 2.05) is 0 Å². The highest BCUT2D eigenvalue weighted by molar-refractivity contribution is 7.92. The molecule has 0 bridgehead atoms. The summed E-state index contributed by atoms with van der Waals surface area (Å²) in [4.78, 5) is 14.3. The Kier molecular flexibility index (Phi) is 3.70. The molecule has 1 saturated heterocycles. The number of nitrogens with zero attached hydrogens (tertiary/aromatic N) is 2. The molecule has 1 aliphatic rings. The lowest BCUT2D eigenvalue weighted by Crippen LogP contribution is -2.25. The summed E-state index contributed by atoms with van der Waals surface area (Å²) in [7, 11) is -3.02. The molecule has 1 atom stereocenters. The molecule has 0 amide bonds. The topological polar surface area (TPSA) is 102 Å². The molecule has 0 saturated carbocycles. The van der Waals surface area contributed by atoms with Crippen molar-refractivity contribution >= 4 is 21.3 Å². The lowest BCUT2D eigenvalue weighted by Gasteiger charge is -2.11. The molecule has 1 aromatic heterocycles. The highest BCUT2D eigenvalue weighted by Crippen LogP contribution is 2.22. The third-order valence-electron chi connectivity index (χ3n) is 3.25. The van der Waals surface area contributed by atoms with Gasteiger partial charge in [0, 0.05) is 18.3 Å². The largest absolute Gasteiger partial charge is 0.369 e. The molecule has 1 N–H and O–H groups in total. The van der Waals surface area contributed by atoms with E-state index in [1.165, 1.54) is 12.3 Å². The minimum atomic E-state index is -3.02. The number of anilines is 1. The van der Waals surface area contributed by atoms with Crippen molar-refractivity contribution in [3.05, 3.63) is 27.9 Å². The number of pyridine rings is 1. The van der Waals surface area contributed by atoms with E-state index in [-0.39, 0.29) is 18.0 Å². The second kappa shape index (κ2) is 5.12. The first-order chi connectivity index (χ1) is 8.90. The van der Waals surface area contributed by atoms with Crippen LogP contribution in [0.1, 0.15) is 18.4 Å². The Morgan fingerprint density at radius 1 is 1.58 bits per heavy atom. The fourth-order valence-corrected chi connectivity index (χ4v) is 3.88. The second-order valence-electron chi connectivity index (χ2n) is 4.63. The second-order valence-corrected chi connectivity index (χ2v) is 7.03. The minimum absolute atomic E-state index is 0.0215.